The fourth-order valence-electron chi connectivity index (χ4n) is 0. The molecule has 8 heavy (non-hydrogen) atoms. The molecule has 0 aliphatic heterocycles. The molecular weight excluding hydrogens is 166 g/mol. The van der Waals surface area contributed by atoms with Crippen LogP contribution in [0, 0.1) is 0 Å². The molecular formula is C4H9Cl2OP. The lowest BCUT2D eigenvalue weighted by Gasteiger charge is -1.57. The van der Waals surface area contributed by atoms with Crippen molar-refractivity contribution >= 4 is 29.0 Å². The molecule has 0 aromatic rings. The molecule has 0 unspecified atom stereocenters. The van der Waals surface area contributed by atoms with E-state index in [2.05, 4.69) is 36.0 Å². The molecule has 50 valence electrons. The Bertz CT molecular complexity index is 70.4. The van der Waals surface area contributed by atoms with Crippen molar-refractivity contribution in [3.63, 3.8) is 0 Å². The summed E-state index contributed by atoms with van der Waals surface area (Å²) in [5.74, 6) is 0. The van der Waals surface area contributed by atoms with Gasteiger partial charge in [0.15, 0.2) is 0 Å². The van der Waals surface area contributed by atoms with Gasteiger partial charge in [0.25, 0.3) is 0 Å². The molecule has 0 amide bonds. The van der Waals surface area contributed by atoms with E-state index in [1.165, 1.54) is 0 Å². The minimum atomic E-state index is -2.19. The molecule has 0 radical (unpaired) electrons. The van der Waals surface area contributed by atoms with Crippen molar-refractivity contribution in [1.29, 1.82) is 0 Å². The maximum atomic E-state index is 9.16. The van der Waals surface area contributed by atoms with E-state index in [-0.39, 0.29) is 0 Å². The van der Waals surface area contributed by atoms with Gasteiger partial charge in [-0.05, 0) is 28.9 Å². The van der Waals surface area contributed by atoms with Crippen LogP contribution in [0.15, 0.2) is 12.7 Å². The summed E-state index contributed by atoms with van der Waals surface area (Å²) in [6.07, 6.45) is 2.96. The van der Waals surface area contributed by atoms with Crippen LogP contribution < -0.4 is 0 Å². The van der Waals surface area contributed by atoms with Gasteiger partial charge in [0.05, 0.1) is 0 Å². The first-order valence-corrected chi connectivity index (χ1v) is 5.54. The summed E-state index contributed by atoms with van der Waals surface area (Å²) in [6, 6.07) is 0. The van der Waals surface area contributed by atoms with Crippen molar-refractivity contribution in [3.05, 3.63) is 12.7 Å². The number of hydrogen-bond acceptors (Lipinski definition) is 1. The van der Waals surface area contributed by atoms with Gasteiger partial charge in [0.1, 0.15) is 0 Å². The van der Waals surface area contributed by atoms with E-state index in [9.17, 15) is 0 Å². The molecule has 0 aromatic heterocycles. The zero-order valence-electron chi connectivity index (χ0n) is 4.66. The van der Waals surface area contributed by atoms with E-state index in [0.29, 0.717) is 0 Å². The molecule has 0 fully saturated rings. The summed E-state index contributed by atoms with van der Waals surface area (Å²) >= 11 is 9.17. The van der Waals surface area contributed by atoms with Crippen LogP contribution in [0.2, 0.25) is 0 Å². The first-order chi connectivity index (χ1) is 3.65. The SMILES string of the molecule is C=CCC.O=[PH](Cl)Cl. The second-order valence-electron chi connectivity index (χ2n) is 0.923. The monoisotopic (exact) mass is 174 g/mol. The van der Waals surface area contributed by atoms with E-state index in [0.717, 1.165) is 6.42 Å². The molecule has 0 saturated heterocycles. The summed E-state index contributed by atoms with van der Waals surface area (Å²) in [7, 11) is 0. The quantitative estimate of drug-likeness (QED) is 0.440. The van der Waals surface area contributed by atoms with Gasteiger partial charge >= 0.3 is 0 Å². The minimum absolute atomic E-state index is 1.08. The van der Waals surface area contributed by atoms with Gasteiger partial charge < -0.3 is 0 Å². The van der Waals surface area contributed by atoms with E-state index >= 15 is 0 Å². The van der Waals surface area contributed by atoms with Gasteiger partial charge in [-0.3, -0.25) is 4.57 Å². The molecule has 0 heterocycles. The Morgan fingerprint density at radius 1 is 1.75 bits per heavy atom. The third-order valence-corrected chi connectivity index (χ3v) is 0.289. The van der Waals surface area contributed by atoms with Crippen molar-refractivity contribution in [1.82, 2.24) is 0 Å². The molecule has 0 rings (SSSR count). The number of hydrogen-bond donors (Lipinski definition) is 0. The molecule has 0 bridgehead atoms. The predicted molar refractivity (Wildman–Crippen MR) is 41.2 cm³/mol. The van der Waals surface area contributed by atoms with Gasteiger partial charge in [-0.25, -0.2) is 0 Å². The maximum Gasteiger partial charge on any atom is 0.241 e. The molecule has 0 spiro atoms. The van der Waals surface area contributed by atoms with E-state index in [4.69, 9.17) is 4.57 Å². The molecule has 4 heteroatoms. The van der Waals surface area contributed by atoms with Gasteiger partial charge in [0.2, 0.25) is 6.51 Å². The Morgan fingerprint density at radius 2 is 1.88 bits per heavy atom. The van der Waals surface area contributed by atoms with Crippen LogP contribution in [0.25, 0.3) is 0 Å². The van der Waals surface area contributed by atoms with E-state index < -0.39 is 6.51 Å². The first kappa shape index (κ1) is 11.4. The third-order valence-electron chi connectivity index (χ3n) is 0.289. The topological polar surface area (TPSA) is 17.1 Å². The van der Waals surface area contributed by atoms with Crippen LogP contribution in [-0.4, -0.2) is 0 Å². The van der Waals surface area contributed by atoms with Crippen LogP contribution in [-0.2, 0) is 4.57 Å². The Kier molecular flexibility index (Phi) is 14.9. The molecule has 0 aliphatic rings. The van der Waals surface area contributed by atoms with Gasteiger partial charge in [-0.15, -0.1) is 6.58 Å². The highest BCUT2D eigenvalue weighted by atomic mass is 35.9. The molecule has 0 atom stereocenters. The normalized spacial score (nSPS) is 7.50. The average molecular weight is 175 g/mol. The smallest absolute Gasteiger partial charge is 0.241 e. The Labute approximate surface area is 60.0 Å². The molecule has 0 aromatic carbocycles. The average Bonchev–Trinajstić information content (AvgIpc) is 1.65. The lowest BCUT2D eigenvalue weighted by Crippen LogP contribution is -1.36. The number of allylic oxidation sites excluding steroid dienone is 1. The Morgan fingerprint density at radius 3 is 1.88 bits per heavy atom. The van der Waals surface area contributed by atoms with Crippen LogP contribution in [0.5, 0.6) is 0 Å². The maximum absolute atomic E-state index is 9.16. The molecule has 0 aliphatic carbocycles. The third kappa shape index (κ3) is 84.0. The first-order valence-electron chi connectivity index (χ1n) is 2.11. The van der Waals surface area contributed by atoms with Crippen LogP contribution >= 0.6 is 29.0 Å². The van der Waals surface area contributed by atoms with Crippen molar-refractivity contribution < 1.29 is 4.57 Å². The lowest BCUT2D eigenvalue weighted by atomic mass is 10.5. The predicted octanol–water partition coefficient (Wildman–Crippen LogP) is 3.44. The van der Waals surface area contributed by atoms with E-state index in [1.54, 1.807) is 0 Å². The highest BCUT2D eigenvalue weighted by molar-refractivity contribution is 7.95. The van der Waals surface area contributed by atoms with Crippen molar-refractivity contribution in [2.45, 2.75) is 13.3 Å². The van der Waals surface area contributed by atoms with Crippen molar-refractivity contribution in [2.24, 2.45) is 0 Å². The number of rotatable bonds is 1. The van der Waals surface area contributed by atoms with Crippen LogP contribution in [0.3, 0.4) is 0 Å². The van der Waals surface area contributed by atoms with Crippen molar-refractivity contribution in [3.8, 4) is 0 Å². The fourth-order valence-corrected chi connectivity index (χ4v) is 0. The molecule has 0 saturated carbocycles. The summed E-state index contributed by atoms with van der Waals surface area (Å²) in [4.78, 5) is 0. The highest BCUT2D eigenvalue weighted by Gasteiger charge is 1.67. The number of halogens is 2. The second kappa shape index (κ2) is 10.5. The molecule has 0 N–H and O–H groups in total. The van der Waals surface area contributed by atoms with Gasteiger partial charge in [0, 0.05) is 0 Å². The summed E-state index contributed by atoms with van der Waals surface area (Å²) in [6.45, 7) is 3.36. The van der Waals surface area contributed by atoms with Gasteiger partial charge in [-0.1, -0.05) is 13.0 Å². The Hall–Kier alpha value is 0.550. The summed E-state index contributed by atoms with van der Waals surface area (Å²) < 4.78 is 9.16. The summed E-state index contributed by atoms with van der Waals surface area (Å²) in [5, 5.41) is 0. The Balaban J connectivity index is 0. The fraction of sp³-hybridized carbons (Fsp3) is 0.500. The summed E-state index contributed by atoms with van der Waals surface area (Å²) in [5.41, 5.74) is 0. The highest BCUT2D eigenvalue weighted by Crippen LogP contribution is 2.31. The lowest BCUT2D eigenvalue weighted by molar-refractivity contribution is 0.602. The van der Waals surface area contributed by atoms with Crippen LogP contribution in [0.1, 0.15) is 13.3 Å². The van der Waals surface area contributed by atoms with Crippen LogP contribution in [0.4, 0.5) is 0 Å². The van der Waals surface area contributed by atoms with Crippen molar-refractivity contribution in [2.75, 3.05) is 0 Å². The zero-order chi connectivity index (χ0) is 6.99. The zero-order valence-corrected chi connectivity index (χ0v) is 7.17. The second-order valence-corrected chi connectivity index (χ2v) is 4.01. The van der Waals surface area contributed by atoms with E-state index in [1.807, 2.05) is 6.08 Å². The van der Waals surface area contributed by atoms with Gasteiger partial charge in [-0.2, -0.15) is 0 Å². The largest absolute Gasteiger partial charge is 0.293 e. The minimum Gasteiger partial charge on any atom is -0.293 e. The standard InChI is InChI=1S/C4H8.Cl2HOP/c1-3-4-2;1-4(2)3/h3H,1,4H2,2H3;4H. The molecule has 1 nitrogen and oxygen atoms in total.